The predicted molar refractivity (Wildman–Crippen MR) is 74.2 cm³/mol. The van der Waals surface area contributed by atoms with Crippen molar-refractivity contribution < 1.29 is 4.92 Å². The standard InChI is InChI=1S/C13H20N4O2/c1-2-16-7-4-11(5-8-16)9-15-12-3-6-14-10-13(12)17(18)19/h3,6,10-11H,2,4-5,7-9H2,1H3,(H,14,15). The van der Waals surface area contributed by atoms with Gasteiger partial charge in [0.25, 0.3) is 0 Å². The van der Waals surface area contributed by atoms with Gasteiger partial charge in [0.15, 0.2) is 0 Å². The number of piperidine rings is 1. The summed E-state index contributed by atoms with van der Waals surface area (Å²) < 4.78 is 0. The minimum atomic E-state index is -0.394. The highest BCUT2D eigenvalue weighted by Gasteiger charge is 2.19. The first-order chi connectivity index (χ1) is 9.20. The molecule has 0 spiro atoms. The lowest BCUT2D eigenvalue weighted by molar-refractivity contribution is -0.384. The number of pyridine rings is 1. The van der Waals surface area contributed by atoms with Gasteiger partial charge in [0.05, 0.1) is 4.92 Å². The summed E-state index contributed by atoms with van der Waals surface area (Å²) in [6.45, 7) is 6.33. The van der Waals surface area contributed by atoms with Gasteiger partial charge < -0.3 is 10.2 Å². The zero-order valence-corrected chi connectivity index (χ0v) is 11.2. The van der Waals surface area contributed by atoms with E-state index in [0.29, 0.717) is 11.6 Å². The van der Waals surface area contributed by atoms with Crippen LogP contribution in [0.4, 0.5) is 11.4 Å². The first kappa shape index (κ1) is 13.7. The van der Waals surface area contributed by atoms with E-state index < -0.39 is 4.92 Å². The van der Waals surface area contributed by atoms with Crippen molar-refractivity contribution >= 4 is 11.4 Å². The number of aromatic nitrogens is 1. The molecule has 6 nitrogen and oxygen atoms in total. The lowest BCUT2D eigenvalue weighted by atomic mass is 9.97. The van der Waals surface area contributed by atoms with Crippen molar-refractivity contribution in [2.75, 3.05) is 31.5 Å². The summed E-state index contributed by atoms with van der Waals surface area (Å²) >= 11 is 0. The van der Waals surface area contributed by atoms with Crippen LogP contribution < -0.4 is 5.32 Å². The second kappa shape index (κ2) is 6.47. The Morgan fingerprint density at radius 3 is 2.89 bits per heavy atom. The maximum Gasteiger partial charge on any atom is 0.310 e. The highest BCUT2D eigenvalue weighted by atomic mass is 16.6. The van der Waals surface area contributed by atoms with Crippen LogP contribution in [-0.2, 0) is 0 Å². The van der Waals surface area contributed by atoms with Crippen LogP contribution in [0.5, 0.6) is 0 Å². The van der Waals surface area contributed by atoms with E-state index in [-0.39, 0.29) is 5.69 Å². The molecule has 0 aliphatic carbocycles. The Hall–Kier alpha value is -1.69. The molecule has 1 aliphatic heterocycles. The molecule has 1 aromatic heterocycles. The number of nitrogens with one attached hydrogen (secondary N) is 1. The molecule has 0 saturated carbocycles. The van der Waals surface area contributed by atoms with Gasteiger partial charge in [-0.1, -0.05) is 6.92 Å². The fourth-order valence-corrected chi connectivity index (χ4v) is 2.44. The number of anilines is 1. The summed E-state index contributed by atoms with van der Waals surface area (Å²) in [5.41, 5.74) is 0.617. The van der Waals surface area contributed by atoms with Crippen LogP contribution in [0, 0.1) is 16.0 Å². The minimum Gasteiger partial charge on any atom is -0.379 e. The van der Waals surface area contributed by atoms with Crippen LogP contribution in [0.1, 0.15) is 19.8 Å². The summed E-state index contributed by atoms with van der Waals surface area (Å²) in [4.78, 5) is 16.7. The Kier molecular flexibility index (Phi) is 4.68. The third-order valence-corrected chi connectivity index (χ3v) is 3.73. The molecule has 0 unspecified atom stereocenters. The van der Waals surface area contributed by atoms with Gasteiger partial charge >= 0.3 is 5.69 Å². The number of nitrogens with zero attached hydrogens (tertiary/aromatic N) is 3. The second-order valence-corrected chi connectivity index (χ2v) is 4.91. The van der Waals surface area contributed by atoms with Gasteiger partial charge in [0.1, 0.15) is 11.9 Å². The minimum absolute atomic E-state index is 0.0495. The molecule has 2 rings (SSSR count). The van der Waals surface area contributed by atoms with Crippen molar-refractivity contribution in [2.24, 2.45) is 5.92 Å². The molecule has 1 aliphatic rings. The maximum atomic E-state index is 10.9. The monoisotopic (exact) mass is 264 g/mol. The Balaban J connectivity index is 1.88. The third-order valence-electron chi connectivity index (χ3n) is 3.73. The van der Waals surface area contributed by atoms with Gasteiger partial charge in [-0.2, -0.15) is 0 Å². The number of likely N-dealkylation sites (tertiary alicyclic amines) is 1. The van der Waals surface area contributed by atoms with E-state index in [4.69, 9.17) is 0 Å². The Morgan fingerprint density at radius 2 is 2.26 bits per heavy atom. The summed E-state index contributed by atoms with van der Waals surface area (Å²) in [6, 6.07) is 1.67. The average Bonchev–Trinajstić information content (AvgIpc) is 2.46. The SMILES string of the molecule is CCN1CCC(CNc2ccncc2[N+](=O)[O-])CC1. The first-order valence-corrected chi connectivity index (χ1v) is 6.75. The lowest BCUT2D eigenvalue weighted by Gasteiger charge is -2.31. The molecule has 1 saturated heterocycles. The lowest BCUT2D eigenvalue weighted by Crippen LogP contribution is -2.35. The van der Waals surface area contributed by atoms with Gasteiger partial charge in [-0.25, -0.2) is 0 Å². The molecule has 1 N–H and O–H groups in total. The van der Waals surface area contributed by atoms with Crippen molar-refractivity contribution in [3.05, 3.63) is 28.6 Å². The van der Waals surface area contributed by atoms with E-state index in [1.165, 1.54) is 6.20 Å². The maximum absolute atomic E-state index is 10.9. The van der Waals surface area contributed by atoms with E-state index in [9.17, 15) is 10.1 Å². The van der Waals surface area contributed by atoms with Crippen LogP contribution in [0.15, 0.2) is 18.5 Å². The average molecular weight is 264 g/mol. The molecular formula is C13H20N4O2. The van der Waals surface area contributed by atoms with Crippen molar-refractivity contribution in [3.8, 4) is 0 Å². The molecule has 19 heavy (non-hydrogen) atoms. The van der Waals surface area contributed by atoms with Gasteiger partial charge in [-0.05, 0) is 44.5 Å². The van der Waals surface area contributed by atoms with Crippen LogP contribution in [0.3, 0.4) is 0 Å². The van der Waals surface area contributed by atoms with Crippen LogP contribution in [0.2, 0.25) is 0 Å². The van der Waals surface area contributed by atoms with Gasteiger partial charge in [0.2, 0.25) is 0 Å². The molecule has 0 bridgehead atoms. The molecule has 1 aromatic rings. The third kappa shape index (κ3) is 3.64. The zero-order chi connectivity index (χ0) is 13.7. The molecule has 0 radical (unpaired) electrons. The molecule has 2 heterocycles. The predicted octanol–water partition coefficient (Wildman–Crippen LogP) is 2.13. The Morgan fingerprint density at radius 1 is 1.53 bits per heavy atom. The number of nitro groups is 1. The van der Waals surface area contributed by atoms with Gasteiger partial charge in [0, 0.05) is 12.7 Å². The van der Waals surface area contributed by atoms with Crippen molar-refractivity contribution in [3.63, 3.8) is 0 Å². The van der Waals surface area contributed by atoms with Crippen molar-refractivity contribution in [1.29, 1.82) is 0 Å². The van der Waals surface area contributed by atoms with Crippen molar-refractivity contribution in [2.45, 2.75) is 19.8 Å². The topological polar surface area (TPSA) is 71.3 Å². The summed E-state index contributed by atoms with van der Waals surface area (Å²) in [6.07, 6.45) is 5.18. The van der Waals surface area contributed by atoms with E-state index in [2.05, 4.69) is 22.1 Å². The van der Waals surface area contributed by atoms with E-state index in [1.807, 2.05) is 0 Å². The van der Waals surface area contributed by atoms with E-state index in [0.717, 1.165) is 39.0 Å². The molecule has 0 aromatic carbocycles. The molecular weight excluding hydrogens is 244 g/mol. The largest absolute Gasteiger partial charge is 0.379 e. The van der Waals surface area contributed by atoms with E-state index in [1.54, 1.807) is 12.3 Å². The Bertz CT molecular complexity index is 430. The zero-order valence-electron chi connectivity index (χ0n) is 11.2. The Labute approximate surface area is 113 Å². The summed E-state index contributed by atoms with van der Waals surface area (Å²) in [5, 5.41) is 14.1. The van der Waals surface area contributed by atoms with Gasteiger partial charge in [-0.15, -0.1) is 0 Å². The second-order valence-electron chi connectivity index (χ2n) is 4.91. The fourth-order valence-electron chi connectivity index (χ4n) is 2.44. The number of hydrogen-bond acceptors (Lipinski definition) is 5. The highest BCUT2D eigenvalue weighted by molar-refractivity contribution is 5.59. The summed E-state index contributed by atoms with van der Waals surface area (Å²) in [7, 11) is 0. The number of hydrogen-bond donors (Lipinski definition) is 1. The molecule has 0 atom stereocenters. The number of rotatable bonds is 5. The van der Waals surface area contributed by atoms with Crippen LogP contribution >= 0.6 is 0 Å². The molecule has 6 heteroatoms. The molecule has 1 fully saturated rings. The van der Waals surface area contributed by atoms with Crippen LogP contribution in [-0.4, -0.2) is 41.0 Å². The highest BCUT2D eigenvalue weighted by Crippen LogP contribution is 2.24. The van der Waals surface area contributed by atoms with Crippen molar-refractivity contribution in [1.82, 2.24) is 9.88 Å². The van der Waals surface area contributed by atoms with E-state index >= 15 is 0 Å². The fraction of sp³-hybridized carbons (Fsp3) is 0.615. The molecule has 104 valence electrons. The van der Waals surface area contributed by atoms with Crippen LogP contribution in [0.25, 0.3) is 0 Å². The molecule has 0 amide bonds. The first-order valence-electron chi connectivity index (χ1n) is 6.75. The quantitative estimate of drug-likeness (QED) is 0.651. The smallest absolute Gasteiger partial charge is 0.310 e. The van der Waals surface area contributed by atoms with Gasteiger partial charge in [-0.3, -0.25) is 15.1 Å². The normalized spacial score (nSPS) is 17.3. The summed E-state index contributed by atoms with van der Waals surface area (Å²) in [5.74, 6) is 0.593.